The third-order valence-corrected chi connectivity index (χ3v) is 6.39. The van der Waals surface area contributed by atoms with E-state index in [0.29, 0.717) is 18.2 Å². The van der Waals surface area contributed by atoms with E-state index < -0.39 is 0 Å². The molecule has 1 amide bonds. The highest BCUT2D eigenvalue weighted by atomic mass is 16.1. The van der Waals surface area contributed by atoms with Crippen molar-refractivity contribution in [2.45, 2.75) is 19.9 Å². The highest BCUT2D eigenvalue weighted by Crippen LogP contribution is 2.43. The van der Waals surface area contributed by atoms with Crippen molar-refractivity contribution in [2.75, 3.05) is 13.1 Å². The fraction of sp³-hybridized carbons (Fsp3) is 0.156. The minimum atomic E-state index is -0.0451. The van der Waals surface area contributed by atoms with Gasteiger partial charge in [-0.3, -0.25) is 4.79 Å². The lowest BCUT2D eigenvalue weighted by Crippen LogP contribution is -2.34. The average Bonchev–Trinajstić information content (AvgIpc) is 2.90. The zero-order chi connectivity index (χ0) is 24.2. The molecule has 0 heterocycles. The van der Waals surface area contributed by atoms with E-state index in [1.807, 2.05) is 12.1 Å². The monoisotopic (exact) mass is 458 g/mol. The summed E-state index contributed by atoms with van der Waals surface area (Å²) in [7, 11) is 0. The molecule has 0 saturated carbocycles. The molecule has 0 aliphatic heterocycles. The molecule has 5 aromatic carbocycles. The number of hydrogen-bond donors (Lipinski definition) is 2. The van der Waals surface area contributed by atoms with Crippen molar-refractivity contribution in [1.82, 2.24) is 10.6 Å². The molecule has 0 fully saturated rings. The predicted molar refractivity (Wildman–Crippen MR) is 148 cm³/mol. The number of fused-ring (bicyclic) bond motifs is 2. The third kappa shape index (κ3) is 4.68. The van der Waals surface area contributed by atoms with Crippen molar-refractivity contribution >= 4 is 27.5 Å². The van der Waals surface area contributed by atoms with Crippen molar-refractivity contribution in [1.29, 1.82) is 0 Å². The van der Waals surface area contributed by atoms with Gasteiger partial charge in [0.2, 0.25) is 0 Å². The number of benzene rings is 5. The number of nitrogens with one attached hydrogen (secondary N) is 2. The van der Waals surface area contributed by atoms with Crippen LogP contribution in [-0.2, 0) is 0 Å². The smallest absolute Gasteiger partial charge is 0.251 e. The molecule has 0 aliphatic carbocycles. The van der Waals surface area contributed by atoms with Crippen LogP contribution >= 0.6 is 0 Å². The lowest BCUT2D eigenvalue weighted by molar-refractivity contribution is 0.0953. The summed E-state index contributed by atoms with van der Waals surface area (Å²) in [6.45, 7) is 5.56. The van der Waals surface area contributed by atoms with E-state index in [2.05, 4.69) is 115 Å². The zero-order valence-electron chi connectivity index (χ0n) is 20.2. The average molecular weight is 459 g/mol. The van der Waals surface area contributed by atoms with Crippen molar-refractivity contribution in [3.8, 4) is 22.3 Å². The van der Waals surface area contributed by atoms with Gasteiger partial charge in [-0.1, -0.05) is 105 Å². The minimum absolute atomic E-state index is 0.0451. The summed E-state index contributed by atoms with van der Waals surface area (Å²) in [4.78, 5) is 12.6. The van der Waals surface area contributed by atoms with Gasteiger partial charge < -0.3 is 10.6 Å². The standard InChI is InChI=1S/C32H30N2O/c1-22(2)33-20-21-34-32(35)25-18-16-24(17-19-25)31-28-14-8-6-12-26(28)30(23-10-4-3-5-11-23)27-13-7-9-15-29(27)31/h3-19,22,33H,20-21H2,1-2H3,(H,34,35). The van der Waals surface area contributed by atoms with Gasteiger partial charge in [0.25, 0.3) is 5.91 Å². The van der Waals surface area contributed by atoms with Crippen LogP contribution in [0.3, 0.4) is 0 Å². The molecule has 0 aromatic heterocycles. The van der Waals surface area contributed by atoms with Crippen LogP contribution in [0.25, 0.3) is 43.8 Å². The van der Waals surface area contributed by atoms with Gasteiger partial charge in [0.1, 0.15) is 0 Å². The van der Waals surface area contributed by atoms with Gasteiger partial charge in [-0.25, -0.2) is 0 Å². The van der Waals surface area contributed by atoms with E-state index in [-0.39, 0.29) is 5.91 Å². The highest BCUT2D eigenvalue weighted by molar-refractivity contribution is 6.21. The van der Waals surface area contributed by atoms with Gasteiger partial charge in [0.15, 0.2) is 0 Å². The first-order chi connectivity index (χ1) is 17.1. The molecule has 0 bridgehead atoms. The Labute approximate surface area is 206 Å². The van der Waals surface area contributed by atoms with Gasteiger partial charge in [0.05, 0.1) is 0 Å². The SMILES string of the molecule is CC(C)NCCNC(=O)c1ccc(-c2c3ccccc3c(-c3ccccc3)c3ccccc23)cc1. The molecule has 174 valence electrons. The molecule has 0 radical (unpaired) electrons. The Hall–Kier alpha value is -3.95. The molecular formula is C32H30N2O. The molecular weight excluding hydrogens is 428 g/mol. The predicted octanol–water partition coefficient (Wildman–Crippen LogP) is 7.05. The van der Waals surface area contributed by atoms with E-state index in [0.717, 1.165) is 12.1 Å². The van der Waals surface area contributed by atoms with Crippen molar-refractivity contribution in [2.24, 2.45) is 0 Å². The lowest BCUT2D eigenvalue weighted by atomic mass is 9.86. The molecule has 5 rings (SSSR count). The second-order valence-electron chi connectivity index (χ2n) is 9.15. The summed E-state index contributed by atoms with van der Waals surface area (Å²) in [5, 5.41) is 11.2. The Morgan fingerprint density at radius 2 is 1.06 bits per heavy atom. The number of amides is 1. The molecule has 0 saturated heterocycles. The second kappa shape index (κ2) is 10.1. The van der Waals surface area contributed by atoms with Crippen LogP contribution in [0, 0.1) is 0 Å². The Bertz CT molecular complexity index is 1410. The Balaban J connectivity index is 1.58. The fourth-order valence-corrected chi connectivity index (χ4v) is 4.78. The zero-order valence-corrected chi connectivity index (χ0v) is 20.2. The number of hydrogen-bond acceptors (Lipinski definition) is 2. The van der Waals surface area contributed by atoms with Crippen molar-refractivity contribution in [3.63, 3.8) is 0 Å². The molecule has 2 N–H and O–H groups in total. The molecule has 0 aliphatic rings. The van der Waals surface area contributed by atoms with Crippen LogP contribution in [0.15, 0.2) is 103 Å². The topological polar surface area (TPSA) is 41.1 Å². The largest absolute Gasteiger partial charge is 0.351 e. The maximum atomic E-state index is 12.6. The number of carbonyl (C=O) groups is 1. The van der Waals surface area contributed by atoms with Gasteiger partial charge in [0, 0.05) is 24.7 Å². The summed E-state index contributed by atoms with van der Waals surface area (Å²) in [6.07, 6.45) is 0. The maximum absolute atomic E-state index is 12.6. The fourth-order valence-electron chi connectivity index (χ4n) is 4.78. The summed E-state index contributed by atoms with van der Waals surface area (Å²) >= 11 is 0. The van der Waals surface area contributed by atoms with Crippen LogP contribution in [0.1, 0.15) is 24.2 Å². The van der Waals surface area contributed by atoms with E-state index in [4.69, 9.17) is 0 Å². The number of rotatable bonds is 7. The normalized spacial score (nSPS) is 11.3. The van der Waals surface area contributed by atoms with E-state index in [9.17, 15) is 4.79 Å². The van der Waals surface area contributed by atoms with Crippen LogP contribution in [0.5, 0.6) is 0 Å². The van der Waals surface area contributed by atoms with E-state index in [1.54, 1.807) is 0 Å². The van der Waals surface area contributed by atoms with Crippen molar-refractivity contribution in [3.05, 3.63) is 109 Å². The Morgan fingerprint density at radius 3 is 1.54 bits per heavy atom. The van der Waals surface area contributed by atoms with Gasteiger partial charge in [-0.2, -0.15) is 0 Å². The molecule has 5 aromatic rings. The Kier molecular flexibility index (Phi) is 6.60. The molecule has 35 heavy (non-hydrogen) atoms. The molecule has 3 nitrogen and oxygen atoms in total. The van der Waals surface area contributed by atoms with E-state index in [1.165, 1.54) is 38.2 Å². The summed E-state index contributed by atoms with van der Waals surface area (Å²) in [5.41, 5.74) is 5.45. The molecule has 3 heteroatoms. The molecule has 0 unspecified atom stereocenters. The third-order valence-electron chi connectivity index (χ3n) is 6.39. The second-order valence-corrected chi connectivity index (χ2v) is 9.15. The van der Waals surface area contributed by atoms with Crippen LogP contribution in [-0.4, -0.2) is 25.0 Å². The quantitative estimate of drug-likeness (QED) is 0.203. The maximum Gasteiger partial charge on any atom is 0.251 e. The highest BCUT2D eigenvalue weighted by Gasteiger charge is 2.16. The summed E-state index contributed by atoms with van der Waals surface area (Å²) in [5.74, 6) is -0.0451. The molecule has 0 spiro atoms. The lowest BCUT2D eigenvalue weighted by Gasteiger charge is -2.17. The summed E-state index contributed by atoms with van der Waals surface area (Å²) in [6, 6.07) is 36.2. The van der Waals surface area contributed by atoms with Gasteiger partial charge >= 0.3 is 0 Å². The molecule has 0 atom stereocenters. The minimum Gasteiger partial charge on any atom is -0.351 e. The Morgan fingerprint density at radius 1 is 0.600 bits per heavy atom. The van der Waals surface area contributed by atoms with Crippen LogP contribution in [0.4, 0.5) is 0 Å². The van der Waals surface area contributed by atoms with Crippen LogP contribution < -0.4 is 10.6 Å². The van der Waals surface area contributed by atoms with Crippen molar-refractivity contribution < 1.29 is 4.79 Å². The van der Waals surface area contributed by atoms with Gasteiger partial charge in [-0.05, 0) is 55.9 Å². The van der Waals surface area contributed by atoms with E-state index >= 15 is 0 Å². The summed E-state index contributed by atoms with van der Waals surface area (Å²) < 4.78 is 0. The van der Waals surface area contributed by atoms with Gasteiger partial charge in [-0.15, -0.1) is 0 Å². The first-order valence-electron chi connectivity index (χ1n) is 12.2. The van der Waals surface area contributed by atoms with Crippen LogP contribution in [0.2, 0.25) is 0 Å². The number of carbonyl (C=O) groups excluding carboxylic acids is 1. The first-order valence-corrected chi connectivity index (χ1v) is 12.2. The first kappa shape index (κ1) is 22.8.